The second-order valence-electron chi connectivity index (χ2n) is 27.2. The standard InChI is InChI=1S/C10H8.C9H11N.2C9H7N.C9H10.C8H6N2.C8H5NO2.C8H8O2.C7H5NS.C7H6O2.C6H5N3.C6H6N2O.C6H6.13C2H6/c1-2-6-10-8-4-3-7-9(10)5-1;2*1-2-6-9-8(4-1)5-3-7-10-9;1-2-4-9-7-10-6-5-8(9)3-1;1-2-5-9-7-3-6-8(9)4-1;1-2-4-8-7(3-1)9-5-6-10-8;10-7-5-3-1-2-4-6(5)8(11)9-7;1-2-4-8-7(3-1)9-5-6-10-8;2*1-2-4-7-6(3-1)8-5-9-7;2*1-2-4-6-5(3-1)7-9-8-6;1-2-4-6-5-3-1;13*1-2/h1-8H;1-2,4,6,10H,3,5,7H2;2*1-7H;1-2,4-5H,3,6-7H2;1-6H;1-4H,(H,9,10,11);1-4H,5-6H2;1-5H;1-4H,5H2;1-4H,(H,7,8,9);1-3,7H,4H2;1-6H;13*1-2H3. The summed E-state index contributed by atoms with van der Waals surface area (Å²) in [6, 6.07) is 114. The number of amides is 2. The number of aryl methyl sites for hydroxylation is 3. The Labute approximate surface area is 890 Å². The van der Waals surface area contributed by atoms with Crippen molar-refractivity contribution in [3.8, 4) is 23.0 Å². The maximum Gasteiger partial charge on any atom is 0.258 e. The predicted molar refractivity (Wildman–Crippen MR) is 638 cm³/mol. The second kappa shape index (κ2) is 91.4. The fraction of sp³-hybridized carbons (Fsp3) is 0.281. The van der Waals surface area contributed by atoms with Crippen molar-refractivity contribution in [3.05, 3.63) is 434 Å². The number of thiazole rings is 1. The van der Waals surface area contributed by atoms with Crippen LogP contribution in [0.15, 0.2) is 411 Å². The van der Waals surface area contributed by atoms with Crippen LogP contribution in [-0.2, 0) is 24.2 Å². The van der Waals surface area contributed by atoms with Gasteiger partial charge in [0, 0.05) is 55.0 Å². The van der Waals surface area contributed by atoms with E-state index in [2.05, 4.69) is 194 Å². The number of nitrogens with zero attached hydrogens (tertiary/aromatic N) is 8. The molecule has 19 nitrogen and oxygen atoms in total. The molecule has 2 amide bonds. The number of benzene rings is 13. The molecule has 0 spiro atoms. The molecular weight excluding hydrogens is 1850 g/mol. The largest absolute Gasteiger partial charge is 0.486 e. The summed E-state index contributed by atoms with van der Waals surface area (Å²) in [4.78, 5) is 47.1. The highest BCUT2D eigenvalue weighted by molar-refractivity contribution is 7.16. The van der Waals surface area contributed by atoms with Crippen LogP contribution in [0.25, 0.3) is 64.7 Å². The number of aromatic nitrogens is 8. The summed E-state index contributed by atoms with van der Waals surface area (Å²) in [6.07, 6.45) is 22.2. The molecule has 0 fully saturated rings. The Morgan fingerprint density at radius 1 is 0.311 bits per heavy atom. The third kappa shape index (κ3) is 51.3. The van der Waals surface area contributed by atoms with Gasteiger partial charge in [-0.25, -0.2) is 4.98 Å². The molecule has 5 aliphatic heterocycles. The average molecular weight is 2020 g/mol. The van der Waals surface area contributed by atoms with Crippen molar-refractivity contribution in [2.24, 2.45) is 5.16 Å². The van der Waals surface area contributed by atoms with Gasteiger partial charge in [0.15, 0.2) is 23.0 Å². The quantitative estimate of drug-likeness (QED) is 0.103. The van der Waals surface area contributed by atoms with Crippen LogP contribution in [0.3, 0.4) is 0 Å². The molecule has 0 bridgehead atoms. The molecule has 25 rings (SSSR count). The molecule has 148 heavy (non-hydrogen) atoms. The molecule has 0 radical (unpaired) electrons. The number of nitrogens with one attached hydrogen (secondary N) is 4. The molecule has 5 aromatic heterocycles. The first kappa shape index (κ1) is 132. The summed E-state index contributed by atoms with van der Waals surface area (Å²) < 4.78 is 22.0. The van der Waals surface area contributed by atoms with Gasteiger partial charge in [0.1, 0.15) is 30.0 Å². The summed E-state index contributed by atoms with van der Waals surface area (Å²) in [7, 11) is 0. The van der Waals surface area contributed by atoms with Crippen molar-refractivity contribution in [3.63, 3.8) is 0 Å². The number of hydrogen-bond donors (Lipinski definition) is 4. The van der Waals surface area contributed by atoms with Gasteiger partial charge in [-0.05, 0) is 173 Å². The number of aromatic amines is 1. The maximum atomic E-state index is 10.9. The van der Waals surface area contributed by atoms with E-state index in [4.69, 9.17) is 18.9 Å². The number of ether oxygens (including phenoxy) is 4. The summed E-state index contributed by atoms with van der Waals surface area (Å²) in [5.41, 5.74) is 19.3. The molecule has 0 saturated heterocycles. The molecule has 7 aliphatic rings. The lowest BCUT2D eigenvalue weighted by atomic mass is 10.0. The van der Waals surface area contributed by atoms with E-state index in [1.165, 1.54) is 75.0 Å². The number of para-hydroxylation sites is 11. The Balaban J connectivity index is 0.00000155. The van der Waals surface area contributed by atoms with Crippen LogP contribution >= 0.6 is 11.3 Å². The van der Waals surface area contributed by atoms with Gasteiger partial charge in [-0.3, -0.25) is 39.8 Å². The molecule has 788 valence electrons. The van der Waals surface area contributed by atoms with Crippen LogP contribution < -0.4 is 35.1 Å². The van der Waals surface area contributed by atoms with Gasteiger partial charge in [-0.15, -0.1) is 11.3 Å². The number of allylic oxidation sites excluding steroid dienone is 4. The van der Waals surface area contributed by atoms with Gasteiger partial charge < -0.3 is 24.3 Å². The van der Waals surface area contributed by atoms with Crippen LogP contribution in [0.1, 0.15) is 237 Å². The van der Waals surface area contributed by atoms with Crippen LogP contribution in [0.5, 0.6) is 23.0 Å². The van der Waals surface area contributed by atoms with E-state index in [9.17, 15) is 9.59 Å². The Kier molecular flexibility index (Phi) is 81.8. The minimum absolute atomic E-state index is 0.300. The fourth-order valence-electron chi connectivity index (χ4n) is 12.8. The lowest BCUT2D eigenvalue weighted by Gasteiger charge is -2.17. The van der Waals surface area contributed by atoms with E-state index in [0.717, 1.165) is 80.5 Å². The van der Waals surface area contributed by atoms with Crippen molar-refractivity contribution in [1.82, 2.24) is 51.1 Å². The van der Waals surface area contributed by atoms with Crippen molar-refractivity contribution in [2.75, 3.05) is 31.9 Å². The number of imide groups is 1. The molecule has 18 aromatic rings. The van der Waals surface area contributed by atoms with E-state index >= 15 is 0 Å². The second-order valence-corrected chi connectivity index (χ2v) is 28.1. The molecule has 13 aromatic carbocycles. The molecule has 2 aliphatic carbocycles. The molecule has 4 N–H and O–H groups in total. The first-order valence-corrected chi connectivity index (χ1v) is 53.9. The highest BCUT2D eigenvalue weighted by Crippen LogP contribution is 2.31. The van der Waals surface area contributed by atoms with E-state index in [-0.39, 0.29) is 11.8 Å². The van der Waals surface area contributed by atoms with Gasteiger partial charge in [0.2, 0.25) is 6.79 Å². The first-order valence-electron chi connectivity index (χ1n) is 53.0. The van der Waals surface area contributed by atoms with Crippen LogP contribution in [0.4, 0.5) is 5.69 Å². The lowest BCUT2D eigenvalue weighted by Crippen LogP contribution is -2.19. The number of rotatable bonds is 0. The summed E-state index contributed by atoms with van der Waals surface area (Å²) >= 11 is 1.68. The molecule has 0 atom stereocenters. The number of pyridine rings is 2. The number of anilines is 1. The number of carbonyl (C=O) groups is 2. The van der Waals surface area contributed by atoms with E-state index in [1.807, 2.05) is 416 Å². The highest BCUT2D eigenvalue weighted by atomic mass is 32.1. The fourth-order valence-corrected chi connectivity index (χ4v) is 13.5. The zero-order valence-electron chi connectivity index (χ0n) is 93.0. The number of hydroxylamine groups is 1. The third-order valence-corrected chi connectivity index (χ3v) is 19.7. The Bertz CT molecular complexity index is 5460. The highest BCUT2D eigenvalue weighted by Gasteiger charge is 2.25. The van der Waals surface area contributed by atoms with Gasteiger partial charge >= 0.3 is 0 Å². The molecule has 0 unspecified atom stereocenters. The minimum Gasteiger partial charge on any atom is -0.486 e. The number of H-pyrrole nitrogens is 1. The number of hydrogen-bond acceptors (Lipinski definition) is 18. The van der Waals surface area contributed by atoms with Crippen molar-refractivity contribution in [1.29, 1.82) is 0 Å². The molecular formula is C128H168N12O7S. The smallest absolute Gasteiger partial charge is 0.258 e. The lowest BCUT2D eigenvalue weighted by molar-refractivity contribution is 0.0879. The maximum absolute atomic E-state index is 10.9. The average Bonchev–Trinajstić information content (AvgIpc) is 1.67. The summed E-state index contributed by atoms with van der Waals surface area (Å²) in [6.45, 7) is 54.8. The Hall–Kier alpha value is -15.5. The monoisotopic (exact) mass is 2020 g/mol. The van der Waals surface area contributed by atoms with Gasteiger partial charge in [0.05, 0.1) is 49.1 Å². The van der Waals surface area contributed by atoms with E-state index in [1.54, 1.807) is 59.1 Å². The zero-order valence-corrected chi connectivity index (χ0v) is 93.8. The summed E-state index contributed by atoms with van der Waals surface area (Å²) in [5.74, 6) is 2.80. The Morgan fingerprint density at radius 2 is 0.682 bits per heavy atom. The van der Waals surface area contributed by atoms with Crippen molar-refractivity contribution in [2.45, 2.75) is 219 Å². The van der Waals surface area contributed by atoms with Gasteiger partial charge in [-0.2, -0.15) is 20.9 Å². The first-order chi connectivity index (χ1) is 73.4. The van der Waals surface area contributed by atoms with Crippen LogP contribution in [0, 0.1) is 0 Å². The molecule has 0 saturated carbocycles. The van der Waals surface area contributed by atoms with Crippen LogP contribution in [-0.4, -0.2) is 84.4 Å². The molecule has 10 heterocycles. The summed E-state index contributed by atoms with van der Waals surface area (Å²) in [5, 5.41) is 25.9. The normalized spacial score (nSPS) is 11.0. The third-order valence-electron chi connectivity index (χ3n) is 18.9. The topological polar surface area (TPSA) is 235 Å². The SMILES string of the molecule is C1=CCC2=NONC2=C1.CC.CC.CC.CC.CC.CC.CC.CC.CC.CC.CC.CC.CC.O=C1NC(=O)c2ccccc21.c1ccc2c(c1)CCC2.c1ccc2c(c1)CCCN2.c1ccc2c(c1)OCCO2.c1ccc2c(c1)OCO2.c1ccc2ccccc2c1.c1ccc2cnccc2c1.c1ccc2n[nH]nc2c1.c1ccc2ncccc2c1.c1ccc2nccnc2c1.c1ccc2scnc2c1.c1ccccc1. The van der Waals surface area contributed by atoms with Crippen molar-refractivity contribution >= 4 is 99.3 Å². The van der Waals surface area contributed by atoms with E-state index in [0.29, 0.717) is 31.1 Å². The van der Waals surface area contributed by atoms with Crippen LogP contribution in [0.2, 0.25) is 0 Å². The molecule has 20 heteroatoms. The number of oxime groups is 1. The number of carbonyl (C=O) groups excluding carboxylic acids is 2. The zero-order chi connectivity index (χ0) is 109. The van der Waals surface area contributed by atoms with Crippen molar-refractivity contribution < 1.29 is 33.5 Å². The van der Waals surface area contributed by atoms with E-state index < -0.39 is 0 Å². The van der Waals surface area contributed by atoms with Gasteiger partial charge in [0.25, 0.3) is 11.8 Å². The van der Waals surface area contributed by atoms with Gasteiger partial charge in [-0.1, -0.05) is 446 Å². The predicted octanol–water partition coefficient (Wildman–Crippen LogP) is 35.6. The minimum atomic E-state index is -0.300. The number of fused-ring (bicyclic) bond motifs is 12. The Morgan fingerprint density at radius 3 is 1.14 bits per heavy atom.